The van der Waals surface area contributed by atoms with E-state index in [2.05, 4.69) is 25.7 Å². The predicted octanol–water partition coefficient (Wildman–Crippen LogP) is 3.99. The fourth-order valence-corrected chi connectivity index (χ4v) is 3.63. The van der Waals surface area contributed by atoms with E-state index in [4.69, 9.17) is 0 Å². The Hall–Kier alpha value is -4.92. The van der Waals surface area contributed by atoms with Crippen LogP contribution in [-0.4, -0.2) is 38.1 Å². The van der Waals surface area contributed by atoms with E-state index in [9.17, 15) is 14.0 Å². The number of hydrogen-bond acceptors (Lipinski definition) is 5. The molecular weight excluding hydrogens is 447 g/mol. The molecule has 35 heavy (non-hydrogen) atoms. The van der Waals surface area contributed by atoms with Crippen molar-refractivity contribution in [3.05, 3.63) is 103 Å². The maximum atomic E-state index is 13.4. The van der Waals surface area contributed by atoms with Gasteiger partial charge in [-0.2, -0.15) is 5.10 Å². The Balaban J connectivity index is 1.30. The first-order chi connectivity index (χ1) is 17.1. The number of fused-ring (bicyclic) bond motifs is 1. The molecular formula is C26H19FN6O2. The third-order valence-electron chi connectivity index (χ3n) is 5.34. The Morgan fingerprint density at radius 1 is 0.943 bits per heavy atom. The molecule has 0 radical (unpaired) electrons. The number of nitrogens with one attached hydrogen (secondary N) is 2. The molecule has 0 atom stereocenters. The number of amides is 2. The molecule has 9 heteroatoms. The summed E-state index contributed by atoms with van der Waals surface area (Å²) in [7, 11) is 0. The summed E-state index contributed by atoms with van der Waals surface area (Å²) >= 11 is 0. The van der Waals surface area contributed by atoms with Gasteiger partial charge in [0, 0.05) is 16.6 Å². The first-order valence-electron chi connectivity index (χ1n) is 10.8. The summed E-state index contributed by atoms with van der Waals surface area (Å²) in [5.74, 6) is -1.14. The van der Waals surface area contributed by atoms with Crippen molar-refractivity contribution >= 4 is 28.4 Å². The van der Waals surface area contributed by atoms with Crippen LogP contribution in [0.4, 0.5) is 10.1 Å². The zero-order valence-corrected chi connectivity index (χ0v) is 18.4. The maximum Gasteiger partial charge on any atom is 0.252 e. The molecule has 172 valence electrons. The van der Waals surface area contributed by atoms with Crippen molar-refractivity contribution in [1.29, 1.82) is 0 Å². The number of nitrogens with zero attached hydrogens (tertiary/aromatic N) is 4. The number of aromatic nitrogens is 4. The van der Waals surface area contributed by atoms with Crippen LogP contribution in [0.5, 0.6) is 0 Å². The third kappa shape index (κ3) is 4.88. The van der Waals surface area contributed by atoms with Gasteiger partial charge in [-0.15, -0.1) is 0 Å². The first-order valence-corrected chi connectivity index (χ1v) is 10.8. The molecule has 2 amide bonds. The molecule has 0 unspecified atom stereocenters. The predicted molar refractivity (Wildman–Crippen MR) is 129 cm³/mol. The van der Waals surface area contributed by atoms with Gasteiger partial charge in [0.2, 0.25) is 5.91 Å². The number of rotatable bonds is 6. The van der Waals surface area contributed by atoms with Crippen molar-refractivity contribution in [2.45, 2.75) is 0 Å². The number of pyridine rings is 1. The van der Waals surface area contributed by atoms with Gasteiger partial charge < -0.3 is 10.6 Å². The number of carbonyl (C=O) groups is 2. The molecule has 0 spiro atoms. The summed E-state index contributed by atoms with van der Waals surface area (Å²) in [5.41, 5.74) is 3.59. The van der Waals surface area contributed by atoms with Crippen LogP contribution in [0.3, 0.4) is 0 Å². The summed E-state index contributed by atoms with van der Waals surface area (Å²) < 4.78 is 15.0. The molecule has 5 aromatic rings. The highest BCUT2D eigenvalue weighted by Gasteiger charge is 2.15. The minimum atomic E-state index is -0.413. The van der Waals surface area contributed by atoms with Crippen LogP contribution >= 0.6 is 0 Å². The van der Waals surface area contributed by atoms with Gasteiger partial charge in [0.05, 0.1) is 29.0 Å². The van der Waals surface area contributed by atoms with Crippen molar-refractivity contribution in [3.8, 4) is 16.9 Å². The normalized spacial score (nSPS) is 10.8. The van der Waals surface area contributed by atoms with E-state index in [0.29, 0.717) is 33.4 Å². The molecule has 0 aliphatic carbocycles. The fraction of sp³-hybridized carbons (Fsp3) is 0.0385. The van der Waals surface area contributed by atoms with E-state index < -0.39 is 5.91 Å². The Kier molecular flexibility index (Phi) is 5.96. The van der Waals surface area contributed by atoms with Gasteiger partial charge in [-0.3, -0.25) is 9.59 Å². The van der Waals surface area contributed by atoms with Crippen molar-refractivity contribution < 1.29 is 14.0 Å². The quantitative estimate of drug-likeness (QED) is 0.394. The molecule has 2 aromatic heterocycles. The molecule has 3 aromatic carbocycles. The van der Waals surface area contributed by atoms with E-state index in [1.54, 1.807) is 65.6 Å². The molecule has 0 saturated carbocycles. The minimum absolute atomic E-state index is 0.216. The van der Waals surface area contributed by atoms with Crippen molar-refractivity contribution in [1.82, 2.24) is 25.1 Å². The molecule has 0 aliphatic heterocycles. The molecule has 0 saturated heterocycles. The molecule has 5 rings (SSSR count). The smallest absolute Gasteiger partial charge is 0.252 e. The second-order valence-electron chi connectivity index (χ2n) is 7.70. The number of halogens is 1. The largest absolute Gasteiger partial charge is 0.343 e. The Morgan fingerprint density at radius 3 is 2.46 bits per heavy atom. The van der Waals surface area contributed by atoms with Crippen LogP contribution in [0.1, 0.15) is 10.4 Å². The molecule has 8 nitrogen and oxygen atoms in total. The van der Waals surface area contributed by atoms with Crippen molar-refractivity contribution in [2.75, 3.05) is 11.9 Å². The lowest BCUT2D eigenvalue weighted by Gasteiger charge is -2.11. The van der Waals surface area contributed by atoms with Crippen molar-refractivity contribution in [3.63, 3.8) is 0 Å². The van der Waals surface area contributed by atoms with Crippen LogP contribution in [0.15, 0.2) is 91.5 Å². The number of benzene rings is 3. The average molecular weight is 466 g/mol. The van der Waals surface area contributed by atoms with E-state index >= 15 is 0 Å². The minimum Gasteiger partial charge on any atom is -0.343 e. The number of carbonyl (C=O) groups excluding carboxylic acids is 2. The van der Waals surface area contributed by atoms with Crippen LogP contribution < -0.4 is 10.6 Å². The standard InChI is InChI=1S/C26H19FN6O2/c27-18-7-5-17(6-8-18)24-13-22(21-3-1-2-4-23(21)32-24)26(35)29-14-25(34)31-19-9-11-20(12-10-19)33-16-28-15-30-33/h1-13,15-16H,14H2,(H,29,35)(H,31,34). The summed E-state index contributed by atoms with van der Waals surface area (Å²) in [4.78, 5) is 34.0. The van der Waals surface area contributed by atoms with Gasteiger partial charge in [-0.25, -0.2) is 19.0 Å². The average Bonchev–Trinajstić information content (AvgIpc) is 3.43. The topological polar surface area (TPSA) is 102 Å². The van der Waals surface area contributed by atoms with Gasteiger partial charge in [0.25, 0.3) is 5.91 Å². The monoisotopic (exact) mass is 466 g/mol. The third-order valence-corrected chi connectivity index (χ3v) is 5.34. The molecule has 0 bridgehead atoms. The second-order valence-corrected chi connectivity index (χ2v) is 7.70. The van der Waals surface area contributed by atoms with E-state index in [0.717, 1.165) is 5.69 Å². The maximum absolute atomic E-state index is 13.4. The van der Waals surface area contributed by atoms with Gasteiger partial charge in [-0.05, 0) is 60.7 Å². The van der Waals surface area contributed by atoms with E-state index in [-0.39, 0.29) is 18.3 Å². The molecule has 0 fully saturated rings. The second kappa shape index (κ2) is 9.52. The Labute approximate surface area is 199 Å². The van der Waals surface area contributed by atoms with Crippen LogP contribution in [0.2, 0.25) is 0 Å². The fourth-order valence-electron chi connectivity index (χ4n) is 3.63. The summed E-state index contributed by atoms with van der Waals surface area (Å²) in [6.45, 7) is -0.216. The first kappa shape index (κ1) is 21.9. The number of para-hydroxylation sites is 1. The van der Waals surface area contributed by atoms with Crippen LogP contribution in [0, 0.1) is 5.82 Å². The van der Waals surface area contributed by atoms with Gasteiger partial charge in [0.1, 0.15) is 18.5 Å². The highest BCUT2D eigenvalue weighted by Crippen LogP contribution is 2.25. The SMILES string of the molecule is O=C(CNC(=O)c1cc(-c2ccc(F)cc2)nc2ccccc12)Nc1ccc(-n2cncn2)cc1. The van der Waals surface area contributed by atoms with E-state index in [1.807, 2.05) is 12.1 Å². The zero-order chi connectivity index (χ0) is 24.2. The van der Waals surface area contributed by atoms with Gasteiger partial charge in [0.15, 0.2) is 0 Å². The Morgan fingerprint density at radius 2 is 1.71 bits per heavy atom. The molecule has 0 aliphatic rings. The number of hydrogen-bond donors (Lipinski definition) is 2. The summed E-state index contributed by atoms with van der Waals surface area (Å²) in [6.07, 6.45) is 3.01. The highest BCUT2D eigenvalue weighted by molar-refractivity contribution is 6.08. The van der Waals surface area contributed by atoms with E-state index in [1.165, 1.54) is 18.5 Å². The molecule has 2 heterocycles. The highest BCUT2D eigenvalue weighted by atomic mass is 19.1. The zero-order valence-electron chi connectivity index (χ0n) is 18.4. The Bertz CT molecular complexity index is 1500. The lowest BCUT2D eigenvalue weighted by Crippen LogP contribution is -2.33. The van der Waals surface area contributed by atoms with Crippen molar-refractivity contribution in [2.24, 2.45) is 0 Å². The van der Waals surface area contributed by atoms with Crippen LogP contribution in [0.25, 0.3) is 27.8 Å². The summed E-state index contributed by atoms with van der Waals surface area (Å²) in [6, 6.07) is 21.8. The van der Waals surface area contributed by atoms with Gasteiger partial charge >= 0.3 is 0 Å². The van der Waals surface area contributed by atoms with Gasteiger partial charge in [-0.1, -0.05) is 18.2 Å². The number of anilines is 1. The summed E-state index contributed by atoms with van der Waals surface area (Å²) in [5, 5.41) is 10.1. The van der Waals surface area contributed by atoms with Crippen LogP contribution in [-0.2, 0) is 4.79 Å². The lowest BCUT2D eigenvalue weighted by molar-refractivity contribution is -0.115. The molecule has 2 N–H and O–H groups in total. The lowest BCUT2D eigenvalue weighted by atomic mass is 10.0.